The molecule has 2 saturated carbocycles. The van der Waals surface area contributed by atoms with Crippen molar-refractivity contribution in [3.8, 4) is 0 Å². The van der Waals surface area contributed by atoms with Crippen LogP contribution in [0.2, 0.25) is 0 Å². The fraction of sp³-hybridized carbons (Fsp3) is 0.917. The molecule has 0 N–H and O–H groups in total. The quantitative estimate of drug-likeness (QED) is 0.588. The largest absolute Gasteiger partial charge is 0.0654 e. The van der Waals surface area contributed by atoms with Gasteiger partial charge in [-0.05, 0) is 43.4 Å². The molecule has 2 fully saturated rings. The van der Waals surface area contributed by atoms with Crippen LogP contribution in [0.5, 0.6) is 0 Å². The Morgan fingerprint density at radius 1 is 1.17 bits per heavy atom. The zero-order chi connectivity index (χ0) is 8.44. The third kappa shape index (κ3) is 1.30. The molecule has 0 amide bonds. The molecule has 0 aromatic carbocycles. The van der Waals surface area contributed by atoms with Crippen molar-refractivity contribution >= 4 is 0 Å². The van der Waals surface area contributed by atoms with E-state index in [9.17, 15) is 0 Å². The van der Waals surface area contributed by atoms with Gasteiger partial charge in [-0.15, -0.1) is 0 Å². The minimum absolute atomic E-state index is 0.786. The van der Waals surface area contributed by atoms with E-state index < -0.39 is 0 Å². The van der Waals surface area contributed by atoms with Crippen molar-refractivity contribution in [2.45, 2.75) is 64.7 Å². The summed E-state index contributed by atoms with van der Waals surface area (Å²) >= 11 is 0. The maximum Gasteiger partial charge on any atom is -0.0179 e. The van der Waals surface area contributed by atoms with Crippen molar-refractivity contribution in [1.29, 1.82) is 0 Å². The highest BCUT2D eigenvalue weighted by Crippen LogP contribution is 2.58. The molecule has 2 aliphatic carbocycles. The Hall–Kier alpha value is 0. The predicted octanol–water partition coefficient (Wildman–Crippen LogP) is 4.11. The molecule has 0 atom stereocenters. The molecular formula is C12H21. The SMILES string of the molecule is CCCCC1([C]2CCC2)CCC1. The van der Waals surface area contributed by atoms with Crippen molar-refractivity contribution in [3.63, 3.8) is 0 Å². The van der Waals surface area contributed by atoms with Gasteiger partial charge in [0.2, 0.25) is 0 Å². The number of unbranched alkanes of at least 4 members (excludes halogenated alkanes) is 1. The third-order valence-corrected chi connectivity index (χ3v) is 4.03. The molecule has 12 heavy (non-hydrogen) atoms. The van der Waals surface area contributed by atoms with Crippen molar-refractivity contribution < 1.29 is 0 Å². The van der Waals surface area contributed by atoms with Gasteiger partial charge in [-0.25, -0.2) is 0 Å². The van der Waals surface area contributed by atoms with E-state index in [1.807, 2.05) is 5.92 Å². The van der Waals surface area contributed by atoms with E-state index in [1.165, 1.54) is 57.8 Å². The number of rotatable bonds is 4. The highest BCUT2D eigenvalue weighted by molar-refractivity contribution is 5.15. The van der Waals surface area contributed by atoms with E-state index in [2.05, 4.69) is 6.92 Å². The van der Waals surface area contributed by atoms with Crippen molar-refractivity contribution in [2.75, 3.05) is 0 Å². The van der Waals surface area contributed by atoms with Crippen LogP contribution in [0.15, 0.2) is 0 Å². The Labute approximate surface area is 76.7 Å². The fourth-order valence-electron chi connectivity index (χ4n) is 2.78. The molecule has 0 bridgehead atoms. The van der Waals surface area contributed by atoms with Crippen LogP contribution in [0.25, 0.3) is 0 Å². The highest BCUT2D eigenvalue weighted by atomic mass is 14.5. The summed E-state index contributed by atoms with van der Waals surface area (Å²) in [6.07, 6.45) is 13.4. The van der Waals surface area contributed by atoms with Gasteiger partial charge in [0.15, 0.2) is 0 Å². The van der Waals surface area contributed by atoms with Crippen LogP contribution in [-0.4, -0.2) is 0 Å². The lowest BCUT2D eigenvalue weighted by atomic mass is 9.53. The lowest BCUT2D eigenvalue weighted by molar-refractivity contribution is 0.0988. The zero-order valence-corrected chi connectivity index (χ0v) is 8.36. The molecule has 0 heteroatoms. The number of hydrogen-bond acceptors (Lipinski definition) is 0. The monoisotopic (exact) mass is 165 g/mol. The molecule has 2 aliphatic rings. The molecule has 0 unspecified atom stereocenters. The summed E-state index contributed by atoms with van der Waals surface area (Å²) in [6.45, 7) is 2.32. The van der Waals surface area contributed by atoms with E-state index >= 15 is 0 Å². The smallest absolute Gasteiger partial charge is 0.0179 e. The lowest BCUT2D eigenvalue weighted by Gasteiger charge is -2.51. The zero-order valence-electron chi connectivity index (χ0n) is 8.36. The van der Waals surface area contributed by atoms with Gasteiger partial charge in [-0.3, -0.25) is 0 Å². The third-order valence-electron chi connectivity index (χ3n) is 4.03. The average molecular weight is 165 g/mol. The second-order valence-electron chi connectivity index (χ2n) is 4.69. The minimum atomic E-state index is 0.786. The molecule has 0 spiro atoms. The Balaban J connectivity index is 1.85. The van der Waals surface area contributed by atoms with Crippen molar-refractivity contribution in [2.24, 2.45) is 5.41 Å². The first-order chi connectivity index (χ1) is 5.87. The van der Waals surface area contributed by atoms with Crippen molar-refractivity contribution in [3.05, 3.63) is 5.92 Å². The Kier molecular flexibility index (Phi) is 2.43. The molecule has 0 heterocycles. The first-order valence-electron chi connectivity index (χ1n) is 5.72. The normalized spacial score (nSPS) is 27.8. The molecule has 69 valence electrons. The van der Waals surface area contributed by atoms with E-state index in [4.69, 9.17) is 0 Å². The van der Waals surface area contributed by atoms with Gasteiger partial charge < -0.3 is 0 Å². The summed E-state index contributed by atoms with van der Waals surface area (Å²) in [7, 11) is 0. The molecular weight excluding hydrogens is 144 g/mol. The highest BCUT2D eigenvalue weighted by Gasteiger charge is 2.45. The molecule has 0 saturated heterocycles. The van der Waals surface area contributed by atoms with E-state index in [1.54, 1.807) is 0 Å². The summed E-state index contributed by atoms with van der Waals surface area (Å²) < 4.78 is 0. The average Bonchev–Trinajstić information content (AvgIpc) is 1.90. The second kappa shape index (κ2) is 3.40. The van der Waals surface area contributed by atoms with Gasteiger partial charge in [0, 0.05) is 0 Å². The first-order valence-corrected chi connectivity index (χ1v) is 5.72. The Bertz CT molecular complexity index is 140. The summed E-state index contributed by atoms with van der Waals surface area (Å²) in [6, 6.07) is 0. The van der Waals surface area contributed by atoms with Crippen molar-refractivity contribution in [1.82, 2.24) is 0 Å². The molecule has 1 radical (unpaired) electrons. The van der Waals surface area contributed by atoms with Crippen LogP contribution in [0, 0.1) is 11.3 Å². The molecule has 0 aromatic rings. The van der Waals surface area contributed by atoms with Gasteiger partial charge in [-0.1, -0.05) is 32.6 Å². The van der Waals surface area contributed by atoms with Crippen LogP contribution < -0.4 is 0 Å². The van der Waals surface area contributed by atoms with E-state index in [-0.39, 0.29) is 0 Å². The molecule has 0 aliphatic heterocycles. The van der Waals surface area contributed by atoms with Crippen LogP contribution in [0.3, 0.4) is 0 Å². The first kappa shape index (κ1) is 8.59. The summed E-state index contributed by atoms with van der Waals surface area (Å²) in [5, 5.41) is 0. The van der Waals surface area contributed by atoms with Crippen LogP contribution >= 0.6 is 0 Å². The summed E-state index contributed by atoms with van der Waals surface area (Å²) in [4.78, 5) is 0. The Morgan fingerprint density at radius 2 is 1.92 bits per heavy atom. The van der Waals surface area contributed by atoms with E-state index in [0.29, 0.717) is 0 Å². The van der Waals surface area contributed by atoms with Crippen LogP contribution in [0.4, 0.5) is 0 Å². The van der Waals surface area contributed by atoms with Crippen LogP contribution in [0.1, 0.15) is 64.7 Å². The van der Waals surface area contributed by atoms with Gasteiger partial charge in [0.05, 0.1) is 0 Å². The molecule has 0 aromatic heterocycles. The van der Waals surface area contributed by atoms with Gasteiger partial charge in [-0.2, -0.15) is 0 Å². The second-order valence-corrected chi connectivity index (χ2v) is 4.69. The van der Waals surface area contributed by atoms with Crippen LogP contribution in [-0.2, 0) is 0 Å². The molecule has 0 nitrogen and oxygen atoms in total. The lowest BCUT2D eigenvalue weighted by Crippen LogP contribution is -2.39. The summed E-state index contributed by atoms with van der Waals surface area (Å²) in [5.74, 6) is 1.95. The number of hydrogen-bond donors (Lipinski definition) is 0. The molecule has 2 rings (SSSR count). The van der Waals surface area contributed by atoms with Gasteiger partial charge in [0.1, 0.15) is 0 Å². The minimum Gasteiger partial charge on any atom is -0.0654 e. The maximum absolute atomic E-state index is 2.32. The topological polar surface area (TPSA) is 0 Å². The maximum atomic E-state index is 2.32. The van der Waals surface area contributed by atoms with Gasteiger partial charge >= 0.3 is 0 Å². The fourth-order valence-corrected chi connectivity index (χ4v) is 2.78. The Morgan fingerprint density at radius 3 is 2.25 bits per heavy atom. The summed E-state index contributed by atoms with van der Waals surface area (Å²) in [5.41, 5.74) is 0.786. The predicted molar refractivity (Wildman–Crippen MR) is 52.9 cm³/mol. The van der Waals surface area contributed by atoms with Gasteiger partial charge in [0.25, 0.3) is 0 Å². The van der Waals surface area contributed by atoms with E-state index in [0.717, 1.165) is 5.41 Å². The standard InChI is InChI=1S/C12H21/c1-2-3-8-12(9-5-10-12)11-6-4-7-11/h2-10H2,1H3.